The molecule has 0 aliphatic heterocycles. The number of aromatic nitrogens is 1. The van der Waals surface area contributed by atoms with Crippen molar-refractivity contribution in [3.8, 4) is 11.3 Å². The molecule has 1 amide bonds. The topological polar surface area (TPSA) is 76.1 Å². The summed E-state index contributed by atoms with van der Waals surface area (Å²) < 4.78 is 24.9. The van der Waals surface area contributed by atoms with Gasteiger partial charge in [0.2, 0.25) is 0 Å². The molecular weight excluding hydrogens is 380 g/mol. The van der Waals surface area contributed by atoms with Gasteiger partial charge >= 0.3 is 0 Å². The summed E-state index contributed by atoms with van der Waals surface area (Å²) in [5.74, 6) is -0.429. The van der Waals surface area contributed by atoms with Gasteiger partial charge in [-0.1, -0.05) is 31.2 Å². The maximum absolute atomic E-state index is 12.7. The molecule has 0 radical (unpaired) electrons. The van der Waals surface area contributed by atoms with Gasteiger partial charge < -0.3 is 5.32 Å². The minimum atomic E-state index is -3.49. The number of anilines is 1. The van der Waals surface area contributed by atoms with Gasteiger partial charge in [0.15, 0.2) is 9.84 Å². The second-order valence-corrected chi connectivity index (χ2v) is 9.24. The molecule has 0 atom stereocenters. The van der Waals surface area contributed by atoms with E-state index in [1.165, 1.54) is 12.1 Å². The highest BCUT2D eigenvalue weighted by atomic mass is 32.2. The molecule has 1 heterocycles. The second kappa shape index (κ2) is 8.02. The summed E-state index contributed by atoms with van der Waals surface area (Å²) in [5.41, 5.74) is 2.61. The van der Waals surface area contributed by atoms with Crippen LogP contribution in [0.15, 0.2) is 58.8 Å². The van der Waals surface area contributed by atoms with E-state index in [1.807, 2.05) is 24.4 Å². The van der Waals surface area contributed by atoms with Crippen LogP contribution in [-0.2, 0) is 9.84 Å². The zero-order valence-electron chi connectivity index (χ0n) is 15.1. The highest BCUT2D eigenvalue weighted by molar-refractivity contribution is 7.91. The Bertz CT molecular complexity index is 1050. The van der Waals surface area contributed by atoms with Crippen LogP contribution in [0.25, 0.3) is 11.3 Å². The van der Waals surface area contributed by atoms with Crippen LogP contribution in [0.3, 0.4) is 0 Å². The van der Waals surface area contributed by atoms with E-state index in [1.54, 1.807) is 42.5 Å². The van der Waals surface area contributed by atoms with Crippen molar-refractivity contribution >= 4 is 32.8 Å². The van der Waals surface area contributed by atoms with E-state index in [0.717, 1.165) is 16.3 Å². The first kappa shape index (κ1) is 19.3. The lowest BCUT2D eigenvalue weighted by Gasteiger charge is -2.11. The fourth-order valence-corrected chi connectivity index (χ4v) is 4.88. The van der Waals surface area contributed by atoms with E-state index in [9.17, 15) is 13.2 Å². The summed E-state index contributed by atoms with van der Waals surface area (Å²) in [7, 11) is -3.49. The zero-order valence-corrected chi connectivity index (χ0v) is 16.7. The van der Waals surface area contributed by atoms with Crippen molar-refractivity contribution in [2.45, 2.75) is 25.2 Å². The fraction of sp³-hybridized carbons (Fsp3) is 0.200. The number of thiazole rings is 1. The number of benzene rings is 2. The van der Waals surface area contributed by atoms with Gasteiger partial charge in [-0.05, 0) is 37.6 Å². The number of sulfone groups is 1. The van der Waals surface area contributed by atoms with Crippen LogP contribution in [0.1, 0.15) is 28.7 Å². The number of nitrogens with one attached hydrogen (secondary N) is 1. The molecule has 3 aromatic rings. The molecular formula is C20H20N2O3S2. The third-order valence-electron chi connectivity index (χ3n) is 4.00. The van der Waals surface area contributed by atoms with Crippen molar-refractivity contribution in [1.29, 1.82) is 0 Å². The molecule has 3 rings (SSSR count). The summed E-state index contributed by atoms with van der Waals surface area (Å²) in [5, 5.41) is 5.75. The summed E-state index contributed by atoms with van der Waals surface area (Å²) >= 11 is 1.58. The average Bonchev–Trinajstić information content (AvgIpc) is 3.09. The van der Waals surface area contributed by atoms with Crippen LogP contribution >= 0.6 is 11.3 Å². The molecule has 140 valence electrons. The predicted octanol–water partition coefficient (Wildman–Crippen LogP) is 4.55. The Kier molecular flexibility index (Phi) is 5.72. The molecule has 5 nitrogen and oxygen atoms in total. The lowest BCUT2D eigenvalue weighted by Crippen LogP contribution is -2.17. The highest BCUT2D eigenvalue weighted by Gasteiger charge is 2.21. The molecule has 27 heavy (non-hydrogen) atoms. The third-order valence-corrected chi connectivity index (χ3v) is 6.74. The van der Waals surface area contributed by atoms with Crippen molar-refractivity contribution < 1.29 is 13.2 Å². The molecule has 0 spiro atoms. The molecule has 0 unspecified atom stereocenters. The molecule has 0 aliphatic carbocycles. The van der Waals surface area contributed by atoms with E-state index < -0.39 is 15.7 Å². The van der Waals surface area contributed by atoms with E-state index in [2.05, 4.69) is 10.3 Å². The molecule has 0 saturated carbocycles. The van der Waals surface area contributed by atoms with E-state index in [-0.39, 0.29) is 16.2 Å². The first-order chi connectivity index (χ1) is 12.9. The Balaban J connectivity index is 1.82. The maximum Gasteiger partial charge on any atom is 0.256 e. The molecule has 7 heteroatoms. The molecule has 0 aliphatic rings. The first-order valence-corrected chi connectivity index (χ1v) is 11.1. The van der Waals surface area contributed by atoms with Gasteiger partial charge in [0, 0.05) is 16.6 Å². The quantitative estimate of drug-likeness (QED) is 0.658. The minimum absolute atomic E-state index is 0.0129. The van der Waals surface area contributed by atoms with Crippen LogP contribution in [-0.4, -0.2) is 25.1 Å². The number of hydrogen-bond donors (Lipinski definition) is 1. The van der Waals surface area contributed by atoms with Crippen LogP contribution in [0.2, 0.25) is 0 Å². The van der Waals surface area contributed by atoms with Crippen LogP contribution < -0.4 is 5.32 Å². The van der Waals surface area contributed by atoms with Gasteiger partial charge in [-0.15, -0.1) is 11.3 Å². The number of amides is 1. The normalized spacial score (nSPS) is 11.3. The average molecular weight is 401 g/mol. The monoisotopic (exact) mass is 400 g/mol. The van der Waals surface area contributed by atoms with Gasteiger partial charge in [0.05, 0.1) is 26.9 Å². The van der Waals surface area contributed by atoms with E-state index in [0.29, 0.717) is 12.1 Å². The minimum Gasteiger partial charge on any atom is -0.322 e. The van der Waals surface area contributed by atoms with E-state index >= 15 is 0 Å². The van der Waals surface area contributed by atoms with Crippen molar-refractivity contribution in [3.05, 3.63) is 64.5 Å². The predicted molar refractivity (Wildman–Crippen MR) is 109 cm³/mol. The Morgan fingerprint density at radius 3 is 2.44 bits per heavy atom. The fourth-order valence-electron chi connectivity index (χ4n) is 2.72. The van der Waals surface area contributed by atoms with Crippen LogP contribution in [0.5, 0.6) is 0 Å². The first-order valence-electron chi connectivity index (χ1n) is 8.56. The third kappa shape index (κ3) is 4.43. The smallest absolute Gasteiger partial charge is 0.256 e. The summed E-state index contributed by atoms with van der Waals surface area (Å²) in [6, 6.07) is 13.6. The van der Waals surface area contributed by atoms with Crippen LogP contribution in [0, 0.1) is 6.92 Å². The molecule has 0 bridgehead atoms. The molecule has 0 saturated heterocycles. The molecule has 1 N–H and O–H groups in total. The Hall–Kier alpha value is -2.51. The number of rotatable bonds is 6. The number of carbonyl (C=O) groups is 1. The van der Waals surface area contributed by atoms with Gasteiger partial charge in [-0.25, -0.2) is 13.4 Å². The summed E-state index contributed by atoms with van der Waals surface area (Å²) in [4.78, 5) is 17.2. The maximum atomic E-state index is 12.7. The summed E-state index contributed by atoms with van der Waals surface area (Å²) in [6.45, 7) is 3.75. The highest BCUT2D eigenvalue weighted by Crippen LogP contribution is 2.24. The molecule has 0 fully saturated rings. The van der Waals surface area contributed by atoms with Gasteiger partial charge in [-0.3, -0.25) is 4.79 Å². The Morgan fingerprint density at radius 2 is 1.81 bits per heavy atom. The Labute approximate surface area is 163 Å². The summed E-state index contributed by atoms with van der Waals surface area (Å²) in [6.07, 6.45) is 0.496. The lowest BCUT2D eigenvalue weighted by atomic mass is 10.1. The molecule has 1 aromatic heterocycles. The van der Waals surface area contributed by atoms with Crippen molar-refractivity contribution in [2.75, 3.05) is 11.1 Å². The second-order valence-electron chi connectivity index (χ2n) is 6.10. The largest absolute Gasteiger partial charge is 0.322 e. The van der Waals surface area contributed by atoms with Crippen molar-refractivity contribution in [3.63, 3.8) is 0 Å². The van der Waals surface area contributed by atoms with Gasteiger partial charge in [0.1, 0.15) is 0 Å². The molecule has 2 aromatic carbocycles. The zero-order chi connectivity index (χ0) is 19.4. The lowest BCUT2D eigenvalue weighted by molar-refractivity contribution is 0.102. The van der Waals surface area contributed by atoms with E-state index in [4.69, 9.17) is 0 Å². The Morgan fingerprint density at radius 1 is 1.11 bits per heavy atom. The standard InChI is InChI=1S/C20H20N2O3S2/c1-3-12-27(24,25)19-7-5-4-6-17(19)20(23)22-16-10-8-15(9-11-16)18-13-26-14(2)21-18/h4-11,13H,3,12H2,1-2H3,(H,22,23). The van der Waals surface area contributed by atoms with Gasteiger partial charge in [0.25, 0.3) is 5.91 Å². The van der Waals surface area contributed by atoms with Gasteiger partial charge in [-0.2, -0.15) is 0 Å². The van der Waals surface area contributed by atoms with Crippen molar-refractivity contribution in [1.82, 2.24) is 4.98 Å². The number of aryl methyl sites for hydroxylation is 1. The SMILES string of the molecule is CCCS(=O)(=O)c1ccccc1C(=O)Nc1ccc(-c2csc(C)n2)cc1. The number of nitrogens with zero attached hydrogens (tertiary/aromatic N) is 1. The number of hydrogen-bond acceptors (Lipinski definition) is 5. The van der Waals surface area contributed by atoms with Crippen molar-refractivity contribution in [2.24, 2.45) is 0 Å². The number of carbonyl (C=O) groups excluding carboxylic acids is 1. The van der Waals surface area contributed by atoms with Crippen LogP contribution in [0.4, 0.5) is 5.69 Å².